The van der Waals surface area contributed by atoms with E-state index in [4.69, 9.17) is 0 Å². The number of likely N-dealkylation sites (tertiary alicyclic amines) is 1. The molecule has 2 atom stereocenters. The second kappa shape index (κ2) is 7.54. The van der Waals surface area contributed by atoms with Gasteiger partial charge in [-0.3, -0.25) is 9.89 Å². The number of fused-ring (bicyclic) bond motifs is 1. The van der Waals surface area contributed by atoms with E-state index in [-0.39, 0.29) is 11.4 Å². The van der Waals surface area contributed by atoms with E-state index in [1.54, 1.807) is 22.7 Å². The van der Waals surface area contributed by atoms with Gasteiger partial charge in [0, 0.05) is 27.8 Å². The molecule has 1 aromatic heterocycles. The predicted octanol–water partition coefficient (Wildman–Crippen LogP) is 3.90. The molecule has 2 heterocycles. The number of nitrogens with one attached hydrogen (secondary N) is 2. The Balaban J connectivity index is 1.35. The predicted molar refractivity (Wildman–Crippen MR) is 115 cm³/mol. The number of rotatable bonds is 5. The lowest BCUT2D eigenvalue weighted by atomic mass is 9.69. The minimum atomic E-state index is -0.279. The number of hydrogen-bond donors (Lipinski definition) is 2. The highest BCUT2D eigenvalue weighted by atomic mass is 32.2. The third-order valence-corrected chi connectivity index (χ3v) is 7.18. The molecule has 5 rings (SSSR count). The fourth-order valence-corrected chi connectivity index (χ4v) is 5.35. The summed E-state index contributed by atoms with van der Waals surface area (Å²) in [5, 5.41) is 19.7. The number of hydrogen-bond acceptors (Lipinski definition) is 5. The summed E-state index contributed by atoms with van der Waals surface area (Å²) in [6.45, 7) is 1.33. The summed E-state index contributed by atoms with van der Waals surface area (Å²) in [4.78, 5) is 16.9. The lowest BCUT2D eigenvalue weighted by Crippen LogP contribution is -2.60. The molecule has 2 N–H and O–H groups in total. The van der Waals surface area contributed by atoms with Crippen molar-refractivity contribution in [1.29, 1.82) is 5.26 Å². The molecule has 150 valence electrons. The standard InChI is InChI=1S/C23H21N5OS/c24-15-28-13-16-10-11-23(16,14-28)25-22(29)20-12-19(26-27-20)18-8-4-5-9-21(18)30-17-6-2-1-3-7-17/h1-9,12,16H,10-11,13-14H2,(H,25,29)(H,26,27)/t16?,23-/m0/s1. The summed E-state index contributed by atoms with van der Waals surface area (Å²) in [6, 6.07) is 20.1. The molecule has 3 aromatic rings. The van der Waals surface area contributed by atoms with Crippen molar-refractivity contribution in [2.24, 2.45) is 5.92 Å². The number of carbonyl (C=O) groups is 1. The summed E-state index contributed by atoms with van der Waals surface area (Å²) < 4.78 is 0. The van der Waals surface area contributed by atoms with E-state index in [1.165, 1.54) is 0 Å². The van der Waals surface area contributed by atoms with Gasteiger partial charge in [0.1, 0.15) is 5.69 Å². The van der Waals surface area contributed by atoms with Crippen LogP contribution in [0, 0.1) is 17.4 Å². The van der Waals surface area contributed by atoms with Crippen LogP contribution in [-0.2, 0) is 0 Å². The average molecular weight is 416 g/mol. The van der Waals surface area contributed by atoms with Gasteiger partial charge < -0.3 is 10.2 Å². The van der Waals surface area contributed by atoms with Gasteiger partial charge >= 0.3 is 0 Å². The minimum Gasteiger partial charge on any atom is -0.343 e. The molecule has 30 heavy (non-hydrogen) atoms. The van der Waals surface area contributed by atoms with Crippen molar-refractivity contribution in [3.63, 3.8) is 0 Å². The van der Waals surface area contributed by atoms with Gasteiger partial charge in [0.15, 0.2) is 6.19 Å². The molecule has 1 aliphatic heterocycles. The van der Waals surface area contributed by atoms with Gasteiger partial charge in [-0.15, -0.1) is 0 Å². The highest BCUT2D eigenvalue weighted by Gasteiger charge is 2.54. The quantitative estimate of drug-likeness (QED) is 0.618. The Morgan fingerprint density at radius 2 is 2.03 bits per heavy atom. The zero-order chi connectivity index (χ0) is 20.6. The van der Waals surface area contributed by atoms with E-state index in [0.717, 1.165) is 40.4 Å². The van der Waals surface area contributed by atoms with Crippen LogP contribution in [0.15, 0.2) is 70.5 Å². The van der Waals surface area contributed by atoms with Crippen molar-refractivity contribution in [2.45, 2.75) is 28.2 Å². The molecular formula is C23H21N5OS. The van der Waals surface area contributed by atoms with Crippen LogP contribution in [0.2, 0.25) is 0 Å². The van der Waals surface area contributed by atoms with E-state index in [1.807, 2.05) is 36.4 Å². The molecule has 1 unspecified atom stereocenters. The maximum absolute atomic E-state index is 12.9. The van der Waals surface area contributed by atoms with Gasteiger partial charge in [0.25, 0.3) is 5.91 Å². The van der Waals surface area contributed by atoms with Crippen molar-refractivity contribution >= 4 is 17.7 Å². The number of aromatic nitrogens is 2. The van der Waals surface area contributed by atoms with Gasteiger partial charge in [0.2, 0.25) is 0 Å². The molecule has 2 fully saturated rings. The molecule has 1 saturated heterocycles. The molecule has 0 radical (unpaired) electrons. The molecule has 1 saturated carbocycles. The summed E-state index contributed by atoms with van der Waals surface area (Å²) in [6.07, 6.45) is 4.18. The molecule has 2 aliphatic rings. The van der Waals surface area contributed by atoms with E-state index >= 15 is 0 Å². The maximum atomic E-state index is 12.9. The van der Waals surface area contributed by atoms with E-state index in [0.29, 0.717) is 18.2 Å². The number of benzene rings is 2. The zero-order valence-electron chi connectivity index (χ0n) is 16.3. The van der Waals surface area contributed by atoms with Gasteiger partial charge in [-0.1, -0.05) is 48.2 Å². The largest absolute Gasteiger partial charge is 0.343 e. The first-order valence-corrected chi connectivity index (χ1v) is 10.8. The van der Waals surface area contributed by atoms with Crippen LogP contribution in [0.5, 0.6) is 0 Å². The lowest BCUT2D eigenvalue weighted by Gasteiger charge is -2.44. The number of amides is 1. The SMILES string of the molecule is N#CN1CC2CC[C@]2(NC(=O)c2cc(-c3ccccc3Sc3ccccc3)n[nH]2)C1. The first-order valence-electron chi connectivity index (χ1n) is 10.0. The fourth-order valence-electron chi connectivity index (χ4n) is 4.37. The molecule has 1 amide bonds. The summed E-state index contributed by atoms with van der Waals surface area (Å²) in [5.41, 5.74) is 1.89. The highest BCUT2D eigenvalue weighted by molar-refractivity contribution is 7.99. The molecule has 2 aromatic carbocycles. The summed E-state index contributed by atoms with van der Waals surface area (Å²) in [5.74, 6) is 0.193. The fraction of sp³-hybridized carbons (Fsp3) is 0.261. The highest BCUT2D eigenvalue weighted by Crippen LogP contribution is 2.44. The molecule has 0 spiro atoms. The summed E-state index contributed by atoms with van der Waals surface area (Å²) in [7, 11) is 0. The van der Waals surface area contributed by atoms with Crippen molar-refractivity contribution in [3.05, 3.63) is 66.4 Å². The first-order chi connectivity index (χ1) is 14.7. The normalized spacial score (nSPS) is 22.1. The minimum absolute atomic E-state index is 0.161. The third-order valence-electron chi connectivity index (χ3n) is 6.09. The number of H-pyrrole nitrogens is 1. The van der Waals surface area contributed by atoms with Gasteiger partial charge in [-0.25, -0.2) is 0 Å². The lowest BCUT2D eigenvalue weighted by molar-refractivity contribution is 0.0757. The number of aromatic amines is 1. The van der Waals surface area contributed by atoms with E-state index < -0.39 is 0 Å². The Hall–Kier alpha value is -3.24. The van der Waals surface area contributed by atoms with Crippen LogP contribution < -0.4 is 5.32 Å². The Kier molecular flexibility index (Phi) is 4.72. The Labute approximate surface area is 179 Å². The number of nitrogens with zero attached hydrogens (tertiary/aromatic N) is 3. The van der Waals surface area contributed by atoms with Crippen LogP contribution in [0.1, 0.15) is 23.3 Å². The Morgan fingerprint density at radius 3 is 2.80 bits per heavy atom. The molecule has 0 bridgehead atoms. The average Bonchev–Trinajstić information content (AvgIpc) is 3.34. The van der Waals surface area contributed by atoms with Crippen LogP contribution in [-0.4, -0.2) is 39.6 Å². The van der Waals surface area contributed by atoms with Crippen molar-refractivity contribution in [3.8, 4) is 17.5 Å². The zero-order valence-corrected chi connectivity index (χ0v) is 17.2. The van der Waals surface area contributed by atoms with Crippen LogP contribution >= 0.6 is 11.8 Å². The second-order valence-corrected chi connectivity index (χ2v) is 9.02. The van der Waals surface area contributed by atoms with Crippen molar-refractivity contribution < 1.29 is 4.79 Å². The summed E-state index contributed by atoms with van der Waals surface area (Å²) >= 11 is 1.67. The van der Waals surface area contributed by atoms with Crippen LogP contribution in [0.25, 0.3) is 11.3 Å². The van der Waals surface area contributed by atoms with Gasteiger partial charge in [0.05, 0.1) is 17.8 Å². The van der Waals surface area contributed by atoms with Gasteiger partial charge in [-0.05, 0) is 37.1 Å². The van der Waals surface area contributed by atoms with E-state index in [2.05, 4.69) is 39.9 Å². The Morgan fingerprint density at radius 1 is 1.23 bits per heavy atom. The van der Waals surface area contributed by atoms with Gasteiger partial charge in [-0.2, -0.15) is 10.4 Å². The number of carbonyl (C=O) groups excluding carboxylic acids is 1. The van der Waals surface area contributed by atoms with Crippen LogP contribution in [0.4, 0.5) is 0 Å². The third kappa shape index (κ3) is 3.33. The van der Waals surface area contributed by atoms with Crippen molar-refractivity contribution in [1.82, 2.24) is 20.4 Å². The maximum Gasteiger partial charge on any atom is 0.269 e. The van der Waals surface area contributed by atoms with Crippen LogP contribution in [0.3, 0.4) is 0 Å². The first kappa shape index (κ1) is 18.8. The molecule has 1 aliphatic carbocycles. The number of nitriles is 1. The molecule has 6 nitrogen and oxygen atoms in total. The van der Waals surface area contributed by atoms with Crippen molar-refractivity contribution in [2.75, 3.05) is 13.1 Å². The van der Waals surface area contributed by atoms with E-state index in [9.17, 15) is 10.1 Å². The molecular weight excluding hydrogens is 394 g/mol. The topological polar surface area (TPSA) is 84.8 Å². The monoisotopic (exact) mass is 415 g/mol. The smallest absolute Gasteiger partial charge is 0.269 e. The molecule has 7 heteroatoms. The Bertz CT molecular complexity index is 1120. The second-order valence-electron chi connectivity index (χ2n) is 7.90.